The van der Waals surface area contributed by atoms with Gasteiger partial charge in [-0.2, -0.15) is 5.26 Å². The van der Waals surface area contributed by atoms with Gasteiger partial charge in [-0.15, -0.1) is 16.4 Å². The van der Waals surface area contributed by atoms with Gasteiger partial charge in [0.2, 0.25) is 5.16 Å². The fourth-order valence-electron chi connectivity index (χ4n) is 4.60. The molecule has 4 aromatic rings. The number of amides is 1. The van der Waals surface area contributed by atoms with E-state index in [1.54, 1.807) is 25.1 Å². The molecule has 224 valence electrons. The fraction of sp³-hybridized carbons (Fsp3) is 0.207. The molecule has 2 N–H and O–H groups in total. The number of hydrogen-bond donors (Lipinski definition) is 2. The highest BCUT2D eigenvalue weighted by atomic mass is 35.5. The third kappa shape index (κ3) is 6.79. The van der Waals surface area contributed by atoms with Crippen LogP contribution in [-0.2, 0) is 22.4 Å². The van der Waals surface area contributed by atoms with E-state index < -0.39 is 16.8 Å². The number of nitrogens with one attached hydrogen (secondary N) is 2. The number of H-pyrrole nitrogens is 1. The van der Waals surface area contributed by atoms with Gasteiger partial charge in [0, 0.05) is 21.5 Å². The summed E-state index contributed by atoms with van der Waals surface area (Å²) in [6, 6.07) is 11.0. The van der Waals surface area contributed by atoms with Gasteiger partial charge in [0.15, 0.2) is 5.82 Å². The number of anilines is 1. The lowest BCUT2D eigenvalue weighted by molar-refractivity contribution is -0.387. The lowest BCUT2D eigenvalue weighted by atomic mass is 9.95. The van der Waals surface area contributed by atoms with Crippen molar-refractivity contribution in [1.82, 2.24) is 15.2 Å². The molecule has 15 heteroatoms. The maximum Gasteiger partial charge on any atom is 0.341 e. The van der Waals surface area contributed by atoms with Gasteiger partial charge in [0.1, 0.15) is 16.6 Å². The molecule has 1 aliphatic rings. The summed E-state index contributed by atoms with van der Waals surface area (Å²) in [5, 5.41) is 32.7. The van der Waals surface area contributed by atoms with Crippen LogP contribution < -0.4 is 5.32 Å². The van der Waals surface area contributed by atoms with Crippen LogP contribution in [-0.4, -0.2) is 38.6 Å². The van der Waals surface area contributed by atoms with Gasteiger partial charge >= 0.3 is 5.97 Å². The van der Waals surface area contributed by atoms with Gasteiger partial charge in [-0.1, -0.05) is 29.3 Å². The fourth-order valence-corrected chi connectivity index (χ4v) is 7.17. The van der Waals surface area contributed by atoms with Crippen LogP contribution in [0.3, 0.4) is 0 Å². The molecule has 11 nitrogen and oxygen atoms in total. The minimum absolute atomic E-state index is 0.182. The van der Waals surface area contributed by atoms with Crippen LogP contribution in [0.15, 0.2) is 52.0 Å². The van der Waals surface area contributed by atoms with Crippen molar-refractivity contribution >= 4 is 74.9 Å². The lowest BCUT2D eigenvalue weighted by Gasteiger charge is -2.12. The molecule has 0 saturated carbocycles. The second-order valence-electron chi connectivity index (χ2n) is 9.44. The Kier molecular flexibility index (Phi) is 9.65. The Balaban J connectivity index is 1.38. The number of halogens is 2. The number of aryl methyl sites for hydroxylation is 1. The van der Waals surface area contributed by atoms with E-state index in [1.807, 2.05) is 6.07 Å². The molecule has 0 unspecified atom stereocenters. The van der Waals surface area contributed by atoms with Gasteiger partial charge in [-0.05, 0) is 85.8 Å². The van der Waals surface area contributed by atoms with Crippen LogP contribution in [0.4, 0.5) is 10.7 Å². The molecule has 5 rings (SSSR count). The quantitative estimate of drug-likeness (QED) is 0.0604. The molecule has 0 spiro atoms. The van der Waals surface area contributed by atoms with Crippen LogP contribution in [0.1, 0.15) is 46.1 Å². The number of ether oxygens (including phenoxy) is 1. The van der Waals surface area contributed by atoms with Crippen molar-refractivity contribution in [3.63, 3.8) is 0 Å². The molecule has 0 aliphatic heterocycles. The standard InChI is InChI=1S/C29H22Cl2N6O5S2/c1-2-42-28(39)24-19-5-3-4-6-22(19)43-27(24)34-26(38)16(14-32)11-15-7-10-23(21(12-15)37(40)41)44-29-33-25(35-36-29)18-9-8-17(30)13-20(18)31/h7-13H,2-6H2,1H3,(H,34,38)(H,33,35,36). The number of carbonyl (C=O) groups is 2. The summed E-state index contributed by atoms with van der Waals surface area (Å²) in [6.07, 6.45) is 4.65. The third-order valence-electron chi connectivity index (χ3n) is 6.59. The molecule has 1 aliphatic carbocycles. The zero-order valence-electron chi connectivity index (χ0n) is 23.0. The van der Waals surface area contributed by atoms with Crippen LogP contribution in [0.2, 0.25) is 10.0 Å². The number of carbonyl (C=O) groups excluding carboxylic acids is 2. The van der Waals surface area contributed by atoms with Crippen molar-refractivity contribution in [3.8, 4) is 17.5 Å². The Labute approximate surface area is 269 Å². The Hall–Kier alpha value is -4.22. The second-order valence-corrected chi connectivity index (χ2v) is 12.4. The van der Waals surface area contributed by atoms with Gasteiger partial charge in [0.25, 0.3) is 11.6 Å². The number of esters is 1. The molecule has 2 aromatic carbocycles. The smallest absolute Gasteiger partial charge is 0.341 e. The average molecular weight is 670 g/mol. The molecule has 0 bridgehead atoms. The third-order valence-corrected chi connectivity index (χ3v) is 9.27. The first-order valence-corrected chi connectivity index (χ1v) is 15.7. The van der Waals surface area contributed by atoms with Gasteiger partial charge in [-0.25, -0.2) is 9.78 Å². The first-order valence-electron chi connectivity index (χ1n) is 13.3. The van der Waals surface area contributed by atoms with Gasteiger partial charge in [-0.3, -0.25) is 20.0 Å². The number of thiophene rings is 1. The number of aromatic nitrogens is 3. The first-order chi connectivity index (χ1) is 21.2. The highest BCUT2D eigenvalue weighted by Crippen LogP contribution is 2.39. The van der Waals surface area contributed by atoms with E-state index in [9.17, 15) is 25.0 Å². The first kappa shape index (κ1) is 31.2. The largest absolute Gasteiger partial charge is 0.462 e. The van der Waals surface area contributed by atoms with Crippen LogP contribution in [0.25, 0.3) is 17.5 Å². The number of nitro groups is 1. The summed E-state index contributed by atoms with van der Waals surface area (Å²) < 4.78 is 5.23. The highest BCUT2D eigenvalue weighted by molar-refractivity contribution is 7.99. The van der Waals surface area contributed by atoms with Crippen LogP contribution in [0, 0.1) is 21.4 Å². The summed E-state index contributed by atoms with van der Waals surface area (Å²) in [5.41, 5.74) is 1.45. The zero-order valence-corrected chi connectivity index (χ0v) is 26.1. The summed E-state index contributed by atoms with van der Waals surface area (Å²) in [6.45, 7) is 1.88. The Bertz CT molecular complexity index is 1860. The van der Waals surface area contributed by atoms with E-state index in [1.165, 1.54) is 35.6 Å². The molecular weight excluding hydrogens is 647 g/mol. The SMILES string of the molecule is CCOC(=O)c1c(NC(=O)C(C#N)=Cc2ccc(Sc3n[nH]c(-c4ccc(Cl)cc4Cl)n3)c([N+](=O)[O-])c2)sc2c1CCCC2. The number of rotatable bonds is 9. The predicted octanol–water partition coefficient (Wildman–Crippen LogP) is 7.50. The summed E-state index contributed by atoms with van der Waals surface area (Å²) in [5.74, 6) is -0.909. The number of hydrogen-bond acceptors (Lipinski definition) is 10. The molecule has 0 saturated heterocycles. The van der Waals surface area contributed by atoms with Crippen molar-refractivity contribution in [2.45, 2.75) is 42.7 Å². The number of aromatic amines is 1. The molecule has 44 heavy (non-hydrogen) atoms. The van der Waals surface area contributed by atoms with E-state index in [0.29, 0.717) is 38.4 Å². The van der Waals surface area contributed by atoms with E-state index in [0.717, 1.165) is 41.5 Å². The Morgan fingerprint density at radius 2 is 2.05 bits per heavy atom. The summed E-state index contributed by atoms with van der Waals surface area (Å²) in [4.78, 5) is 42.9. The molecule has 0 fully saturated rings. The molecule has 2 heterocycles. The van der Waals surface area contributed by atoms with Gasteiger partial charge in [0.05, 0.1) is 27.0 Å². The number of nitriles is 1. The Morgan fingerprint density at radius 1 is 1.25 bits per heavy atom. The zero-order chi connectivity index (χ0) is 31.4. The maximum atomic E-state index is 13.2. The average Bonchev–Trinajstić information content (AvgIpc) is 3.60. The van der Waals surface area contributed by atoms with E-state index in [2.05, 4.69) is 20.5 Å². The minimum Gasteiger partial charge on any atom is -0.462 e. The normalized spacial score (nSPS) is 12.7. The van der Waals surface area contributed by atoms with Crippen molar-refractivity contribution in [2.24, 2.45) is 0 Å². The second kappa shape index (κ2) is 13.6. The Morgan fingerprint density at radius 3 is 2.77 bits per heavy atom. The van der Waals surface area contributed by atoms with Gasteiger partial charge < -0.3 is 10.1 Å². The maximum absolute atomic E-state index is 13.2. The van der Waals surface area contributed by atoms with E-state index >= 15 is 0 Å². The molecule has 0 radical (unpaired) electrons. The molecule has 1 amide bonds. The number of benzene rings is 2. The predicted molar refractivity (Wildman–Crippen MR) is 168 cm³/mol. The number of nitro benzene ring substituents is 1. The van der Waals surface area contributed by atoms with Crippen molar-refractivity contribution in [1.29, 1.82) is 5.26 Å². The van der Waals surface area contributed by atoms with Crippen molar-refractivity contribution < 1.29 is 19.2 Å². The molecular formula is C29H22Cl2N6O5S2. The van der Waals surface area contributed by atoms with Crippen molar-refractivity contribution in [2.75, 3.05) is 11.9 Å². The highest BCUT2D eigenvalue weighted by Gasteiger charge is 2.28. The topological polar surface area (TPSA) is 164 Å². The minimum atomic E-state index is -0.744. The summed E-state index contributed by atoms with van der Waals surface area (Å²) >= 11 is 14.5. The van der Waals surface area contributed by atoms with Crippen LogP contribution in [0.5, 0.6) is 0 Å². The number of fused-ring (bicyclic) bond motifs is 1. The monoisotopic (exact) mass is 668 g/mol. The number of nitrogens with zero attached hydrogens (tertiary/aromatic N) is 4. The van der Waals surface area contributed by atoms with Crippen LogP contribution >= 0.6 is 46.3 Å². The van der Waals surface area contributed by atoms with E-state index in [4.69, 9.17) is 27.9 Å². The molecule has 2 aromatic heterocycles. The summed E-state index contributed by atoms with van der Waals surface area (Å²) in [7, 11) is 0. The lowest BCUT2D eigenvalue weighted by Crippen LogP contribution is -2.16. The van der Waals surface area contributed by atoms with E-state index in [-0.39, 0.29) is 33.5 Å². The molecule has 0 atom stereocenters. The van der Waals surface area contributed by atoms with Crippen molar-refractivity contribution in [3.05, 3.63) is 83.7 Å².